The highest BCUT2D eigenvalue weighted by atomic mass is 32.1. The van der Waals surface area contributed by atoms with Gasteiger partial charge in [0, 0.05) is 35.0 Å². The molecule has 0 saturated carbocycles. The molecule has 5 rings (SSSR count). The number of benzene rings is 1. The van der Waals surface area contributed by atoms with Gasteiger partial charge in [-0.05, 0) is 90.7 Å². The molecule has 4 aromatic heterocycles. The molecule has 0 aliphatic heterocycles. The fourth-order valence-electron chi connectivity index (χ4n) is 5.07. The molecule has 1 aromatic carbocycles. The zero-order chi connectivity index (χ0) is 28.4. The van der Waals surface area contributed by atoms with Crippen molar-refractivity contribution in [2.75, 3.05) is 5.32 Å². The monoisotopic (exact) mass is 617 g/mol. The first-order valence-corrected chi connectivity index (χ1v) is 18.3. The van der Waals surface area contributed by atoms with Crippen molar-refractivity contribution in [1.29, 1.82) is 0 Å². The maximum atomic E-state index is 13.2. The number of aryl methyl sites for hydroxylation is 2. The van der Waals surface area contributed by atoms with Crippen LogP contribution in [0.15, 0.2) is 72.1 Å². The van der Waals surface area contributed by atoms with Gasteiger partial charge in [-0.25, -0.2) is 0 Å². The molecular weight excluding hydrogens is 579 g/mol. The summed E-state index contributed by atoms with van der Waals surface area (Å²) in [7, 11) is 0. The fraction of sp³-hybridized carbons (Fsp3) is 0.343. The van der Waals surface area contributed by atoms with E-state index in [0.717, 1.165) is 23.4 Å². The Hall–Kier alpha value is -2.51. The van der Waals surface area contributed by atoms with Crippen LogP contribution in [-0.2, 0) is 12.8 Å². The van der Waals surface area contributed by atoms with Crippen molar-refractivity contribution in [3.05, 3.63) is 88.1 Å². The molecule has 0 atom stereocenters. The van der Waals surface area contributed by atoms with Crippen LogP contribution in [0.2, 0.25) is 0 Å². The van der Waals surface area contributed by atoms with E-state index in [1.807, 2.05) is 64.3 Å². The van der Waals surface area contributed by atoms with E-state index in [0.29, 0.717) is 0 Å². The SMILES string of the molecule is CCCCCCc1ccsc1-c1ccc(-c2ccc(-c3sc(C(=O)Nc4ccccc4)cc3CCCCCC)s2)s1. The van der Waals surface area contributed by atoms with E-state index < -0.39 is 0 Å². The zero-order valence-corrected chi connectivity index (χ0v) is 27.3. The number of carbonyl (C=O) groups is 1. The summed E-state index contributed by atoms with van der Waals surface area (Å²) in [6, 6.07) is 23.3. The van der Waals surface area contributed by atoms with Gasteiger partial charge in [0.25, 0.3) is 5.91 Å². The Balaban J connectivity index is 1.35. The van der Waals surface area contributed by atoms with E-state index in [-0.39, 0.29) is 5.91 Å². The molecule has 1 amide bonds. The second kappa shape index (κ2) is 15.1. The third-order valence-corrected chi connectivity index (χ3v) is 12.2. The van der Waals surface area contributed by atoms with Crippen molar-refractivity contribution < 1.29 is 4.79 Å². The Kier molecular flexibility index (Phi) is 11.0. The van der Waals surface area contributed by atoms with Crippen molar-refractivity contribution in [3.63, 3.8) is 0 Å². The number of hydrogen-bond donors (Lipinski definition) is 1. The maximum absolute atomic E-state index is 13.2. The van der Waals surface area contributed by atoms with E-state index >= 15 is 0 Å². The van der Waals surface area contributed by atoms with Gasteiger partial charge in [-0.2, -0.15) is 0 Å². The van der Waals surface area contributed by atoms with Crippen molar-refractivity contribution >= 4 is 56.9 Å². The van der Waals surface area contributed by atoms with Gasteiger partial charge in [-0.15, -0.1) is 45.3 Å². The Labute approximate surface area is 261 Å². The summed E-state index contributed by atoms with van der Waals surface area (Å²) >= 11 is 7.26. The van der Waals surface area contributed by atoms with E-state index in [4.69, 9.17) is 0 Å². The van der Waals surface area contributed by atoms with Crippen LogP contribution in [0.3, 0.4) is 0 Å². The smallest absolute Gasteiger partial charge is 0.265 e. The van der Waals surface area contributed by atoms with Gasteiger partial charge in [-0.1, -0.05) is 70.6 Å². The van der Waals surface area contributed by atoms with Crippen LogP contribution >= 0.6 is 45.3 Å². The van der Waals surface area contributed by atoms with Crippen molar-refractivity contribution in [2.24, 2.45) is 0 Å². The number of thiophene rings is 4. The number of hydrogen-bond acceptors (Lipinski definition) is 5. The van der Waals surface area contributed by atoms with E-state index in [9.17, 15) is 4.79 Å². The molecule has 6 heteroatoms. The lowest BCUT2D eigenvalue weighted by Crippen LogP contribution is -2.09. The first-order chi connectivity index (χ1) is 20.2. The van der Waals surface area contributed by atoms with Crippen LogP contribution in [0.25, 0.3) is 29.3 Å². The molecule has 0 spiro atoms. The molecule has 0 unspecified atom stereocenters. The molecule has 0 aliphatic carbocycles. The molecule has 4 heterocycles. The Morgan fingerprint density at radius 3 is 1.90 bits per heavy atom. The summed E-state index contributed by atoms with van der Waals surface area (Å²) in [5.74, 6) is -0.0246. The van der Waals surface area contributed by atoms with E-state index in [1.54, 1.807) is 11.3 Å². The van der Waals surface area contributed by atoms with Crippen LogP contribution in [0, 0.1) is 0 Å². The van der Waals surface area contributed by atoms with Crippen molar-refractivity contribution in [2.45, 2.75) is 78.1 Å². The summed E-state index contributed by atoms with van der Waals surface area (Å²) in [6.45, 7) is 4.52. The van der Waals surface area contributed by atoms with Gasteiger partial charge in [-0.3, -0.25) is 4.79 Å². The van der Waals surface area contributed by atoms with Gasteiger partial charge in [0.2, 0.25) is 0 Å². The highest BCUT2D eigenvalue weighted by molar-refractivity contribution is 7.28. The first kappa shape index (κ1) is 30.0. The summed E-state index contributed by atoms with van der Waals surface area (Å²) in [6.07, 6.45) is 12.3. The molecule has 0 aliphatic rings. The predicted octanol–water partition coefficient (Wildman–Crippen LogP) is 12.4. The second-order valence-corrected chi connectivity index (χ2v) is 14.6. The summed E-state index contributed by atoms with van der Waals surface area (Å²) in [4.78, 5) is 21.9. The normalized spacial score (nSPS) is 11.3. The minimum atomic E-state index is -0.0246. The predicted molar refractivity (Wildman–Crippen MR) is 184 cm³/mol. The standard InChI is InChI=1S/C35H39NOS4/c1-3-5-7-10-14-25-22-23-38-33(25)30-20-18-28(39-30)29-19-21-31(40-29)34-26(15-11-8-6-4-2)24-32(41-34)35(37)36-27-16-12-9-13-17-27/h9,12-13,16-24H,3-8,10-11,14-15H2,1-2H3,(H,36,37). The lowest BCUT2D eigenvalue weighted by atomic mass is 10.1. The molecular formula is C35H39NOS4. The average Bonchev–Trinajstić information content (AvgIpc) is 3.80. The minimum absolute atomic E-state index is 0.0246. The number of para-hydroxylation sites is 1. The number of rotatable bonds is 15. The van der Waals surface area contributed by atoms with Gasteiger partial charge in [0.1, 0.15) is 0 Å². The van der Waals surface area contributed by atoms with Gasteiger partial charge < -0.3 is 5.32 Å². The van der Waals surface area contributed by atoms with Crippen LogP contribution in [-0.4, -0.2) is 5.91 Å². The number of nitrogens with one attached hydrogen (secondary N) is 1. The molecule has 0 radical (unpaired) electrons. The molecule has 214 valence electrons. The number of anilines is 1. The number of carbonyl (C=O) groups excluding carboxylic acids is 1. The maximum Gasteiger partial charge on any atom is 0.265 e. The quantitative estimate of drug-likeness (QED) is 0.116. The van der Waals surface area contributed by atoms with Gasteiger partial charge in [0.05, 0.1) is 4.88 Å². The second-order valence-electron chi connectivity index (χ2n) is 10.5. The lowest BCUT2D eigenvalue weighted by Gasteiger charge is -2.02. The lowest BCUT2D eigenvalue weighted by molar-refractivity contribution is 0.103. The first-order valence-electron chi connectivity index (χ1n) is 14.9. The molecule has 2 nitrogen and oxygen atoms in total. The van der Waals surface area contributed by atoms with Gasteiger partial charge >= 0.3 is 0 Å². The van der Waals surface area contributed by atoms with E-state index in [1.165, 1.54) is 91.8 Å². The molecule has 0 bridgehead atoms. The summed E-state index contributed by atoms with van der Waals surface area (Å²) < 4.78 is 0. The van der Waals surface area contributed by atoms with Gasteiger partial charge in [0.15, 0.2) is 0 Å². The van der Waals surface area contributed by atoms with Crippen LogP contribution < -0.4 is 5.32 Å². The van der Waals surface area contributed by atoms with Crippen molar-refractivity contribution in [1.82, 2.24) is 0 Å². The largest absolute Gasteiger partial charge is 0.321 e. The molecule has 5 aromatic rings. The number of unbranched alkanes of at least 4 members (excludes halogenated alkanes) is 6. The minimum Gasteiger partial charge on any atom is -0.321 e. The average molecular weight is 618 g/mol. The molecule has 41 heavy (non-hydrogen) atoms. The molecule has 0 saturated heterocycles. The van der Waals surface area contributed by atoms with Crippen LogP contribution in [0.5, 0.6) is 0 Å². The highest BCUT2D eigenvalue weighted by Gasteiger charge is 2.19. The Bertz CT molecular complexity index is 1520. The van der Waals surface area contributed by atoms with Crippen LogP contribution in [0.1, 0.15) is 86.0 Å². The van der Waals surface area contributed by atoms with Crippen LogP contribution in [0.4, 0.5) is 5.69 Å². The zero-order valence-electron chi connectivity index (χ0n) is 24.0. The third kappa shape index (κ3) is 7.86. The van der Waals surface area contributed by atoms with E-state index in [2.05, 4.69) is 60.9 Å². The summed E-state index contributed by atoms with van der Waals surface area (Å²) in [5.41, 5.74) is 3.63. The molecule has 0 fully saturated rings. The Morgan fingerprint density at radius 2 is 1.24 bits per heavy atom. The fourth-order valence-corrected chi connectivity index (χ4v) is 9.54. The topological polar surface area (TPSA) is 29.1 Å². The van der Waals surface area contributed by atoms with Crippen molar-refractivity contribution in [3.8, 4) is 29.3 Å². The number of amides is 1. The highest BCUT2D eigenvalue weighted by Crippen LogP contribution is 2.45. The third-order valence-electron chi connectivity index (χ3n) is 7.31. The summed E-state index contributed by atoms with van der Waals surface area (Å²) in [5, 5.41) is 5.32. The Morgan fingerprint density at radius 1 is 0.634 bits per heavy atom. The molecule has 1 N–H and O–H groups in total.